The van der Waals surface area contributed by atoms with Crippen LogP contribution in [0.1, 0.15) is 24.0 Å². The molecule has 2 aliphatic rings. The highest BCUT2D eigenvalue weighted by Gasteiger charge is 2.26. The van der Waals surface area contributed by atoms with Crippen molar-refractivity contribution in [3.8, 4) is 22.8 Å². The van der Waals surface area contributed by atoms with Crippen LogP contribution in [0, 0.1) is 12.8 Å². The van der Waals surface area contributed by atoms with Crippen molar-refractivity contribution in [3.05, 3.63) is 65.7 Å². The van der Waals surface area contributed by atoms with Crippen molar-refractivity contribution in [1.82, 2.24) is 15.5 Å². The van der Waals surface area contributed by atoms with Gasteiger partial charge in [-0.3, -0.25) is 4.79 Å². The molecule has 0 unspecified atom stereocenters. The van der Waals surface area contributed by atoms with Crippen LogP contribution < -0.4 is 19.7 Å². The third-order valence-corrected chi connectivity index (χ3v) is 5.98. The smallest absolute Gasteiger partial charge is 0.231 e. The average Bonchev–Trinajstić information content (AvgIpc) is 3.31. The zero-order valence-electron chi connectivity index (χ0n) is 18.1. The van der Waals surface area contributed by atoms with Gasteiger partial charge in [-0.2, -0.15) is 0 Å². The molecule has 164 valence electrons. The van der Waals surface area contributed by atoms with E-state index in [1.807, 2.05) is 42.5 Å². The molecule has 1 amide bonds. The fourth-order valence-electron chi connectivity index (χ4n) is 4.24. The van der Waals surface area contributed by atoms with Crippen LogP contribution >= 0.6 is 0 Å². The molecule has 0 aliphatic carbocycles. The molecule has 3 heterocycles. The van der Waals surface area contributed by atoms with Crippen molar-refractivity contribution in [2.75, 3.05) is 24.8 Å². The van der Waals surface area contributed by atoms with Crippen molar-refractivity contribution in [2.24, 2.45) is 5.92 Å². The van der Waals surface area contributed by atoms with Crippen LogP contribution in [0.15, 0.2) is 54.6 Å². The number of carbonyl (C=O) groups is 1. The van der Waals surface area contributed by atoms with Gasteiger partial charge in [-0.1, -0.05) is 29.8 Å². The Kier molecular flexibility index (Phi) is 5.62. The van der Waals surface area contributed by atoms with Gasteiger partial charge in [-0.25, -0.2) is 0 Å². The number of rotatable bonds is 5. The molecule has 1 N–H and O–H groups in total. The molecule has 32 heavy (non-hydrogen) atoms. The molecule has 1 aromatic heterocycles. The Hall–Kier alpha value is -3.61. The van der Waals surface area contributed by atoms with E-state index in [9.17, 15) is 4.79 Å². The first-order chi connectivity index (χ1) is 15.7. The molecule has 7 heteroatoms. The van der Waals surface area contributed by atoms with Gasteiger partial charge >= 0.3 is 0 Å². The molecular formula is C25H26N4O3. The highest BCUT2D eigenvalue weighted by atomic mass is 16.7. The van der Waals surface area contributed by atoms with E-state index in [0.29, 0.717) is 13.1 Å². The topological polar surface area (TPSA) is 76.6 Å². The van der Waals surface area contributed by atoms with E-state index in [4.69, 9.17) is 9.47 Å². The number of hydrogen-bond donors (Lipinski definition) is 1. The summed E-state index contributed by atoms with van der Waals surface area (Å²) < 4.78 is 10.8. The number of benzene rings is 2. The van der Waals surface area contributed by atoms with E-state index < -0.39 is 0 Å². The van der Waals surface area contributed by atoms with Gasteiger partial charge in [0.25, 0.3) is 0 Å². The minimum atomic E-state index is -0.0731. The average molecular weight is 431 g/mol. The second kappa shape index (κ2) is 8.86. The van der Waals surface area contributed by atoms with Crippen molar-refractivity contribution in [3.63, 3.8) is 0 Å². The SMILES string of the molecule is Cc1cccc(-c2ccc(N3CCC[C@@H](C(=O)NCc4ccc5c(c4)OCO5)C3)nn2)c1. The molecule has 1 saturated heterocycles. The summed E-state index contributed by atoms with van der Waals surface area (Å²) in [6.45, 7) is 4.31. The molecule has 5 rings (SSSR count). The molecule has 1 atom stereocenters. The highest BCUT2D eigenvalue weighted by molar-refractivity contribution is 5.79. The number of aromatic nitrogens is 2. The minimum absolute atomic E-state index is 0.0664. The van der Waals surface area contributed by atoms with Gasteiger partial charge in [0, 0.05) is 25.2 Å². The maximum atomic E-state index is 12.8. The van der Waals surface area contributed by atoms with Gasteiger partial charge < -0.3 is 19.7 Å². The van der Waals surface area contributed by atoms with Gasteiger partial charge in [0.05, 0.1) is 11.6 Å². The summed E-state index contributed by atoms with van der Waals surface area (Å²) in [5, 5.41) is 11.9. The van der Waals surface area contributed by atoms with Crippen LogP contribution in [-0.2, 0) is 11.3 Å². The number of aryl methyl sites for hydroxylation is 1. The first kappa shape index (κ1) is 20.3. The number of fused-ring (bicyclic) bond motifs is 1. The van der Waals surface area contributed by atoms with Gasteiger partial charge in [0.1, 0.15) is 0 Å². The molecule has 3 aromatic rings. The Morgan fingerprint density at radius 2 is 2.00 bits per heavy atom. The predicted octanol–water partition coefficient (Wildman–Crippen LogP) is 3.71. The molecule has 0 bridgehead atoms. The quantitative estimate of drug-likeness (QED) is 0.665. The van der Waals surface area contributed by atoms with Crippen molar-refractivity contribution in [2.45, 2.75) is 26.3 Å². The van der Waals surface area contributed by atoms with Crippen LogP contribution in [0.4, 0.5) is 5.82 Å². The fraction of sp³-hybridized carbons (Fsp3) is 0.320. The highest BCUT2D eigenvalue weighted by Crippen LogP contribution is 2.32. The van der Waals surface area contributed by atoms with Crippen LogP contribution in [0.2, 0.25) is 0 Å². The Morgan fingerprint density at radius 3 is 2.84 bits per heavy atom. The summed E-state index contributed by atoms with van der Waals surface area (Å²) in [4.78, 5) is 15.0. The van der Waals surface area contributed by atoms with Gasteiger partial charge in [0.15, 0.2) is 17.3 Å². The van der Waals surface area contributed by atoms with E-state index in [0.717, 1.165) is 53.5 Å². The third-order valence-electron chi connectivity index (χ3n) is 5.98. The van der Waals surface area contributed by atoms with E-state index in [1.54, 1.807) is 0 Å². The molecule has 0 spiro atoms. The van der Waals surface area contributed by atoms with E-state index >= 15 is 0 Å². The summed E-state index contributed by atoms with van der Waals surface area (Å²) >= 11 is 0. The summed E-state index contributed by atoms with van der Waals surface area (Å²) in [6.07, 6.45) is 1.82. The lowest BCUT2D eigenvalue weighted by Gasteiger charge is -2.32. The molecule has 7 nitrogen and oxygen atoms in total. The monoisotopic (exact) mass is 430 g/mol. The van der Waals surface area contributed by atoms with Crippen LogP contribution in [0.25, 0.3) is 11.3 Å². The standard InChI is InChI=1S/C25H26N4O3/c1-17-4-2-5-19(12-17)21-8-10-24(28-27-21)29-11-3-6-20(15-29)25(30)26-14-18-7-9-22-23(13-18)32-16-31-22/h2,4-5,7-10,12-13,20H,3,6,11,14-16H2,1H3,(H,26,30)/t20-/m1/s1. The van der Waals surface area contributed by atoms with Crippen LogP contribution in [-0.4, -0.2) is 36.0 Å². The number of ether oxygens (including phenoxy) is 2. The fourth-order valence-corrected chi connectivity index (χ4v) is 4.24. The number of carbonyl (C=O) groups excluding carboxylic acids is 1. The molecule has 0 saturated carbocycles. The van der Waals surface area contributed by atoms with Gasteiger partial charge in [-0.05, 0) is 55.7 Å². The molecule has 2 aliphatic heterocycles. The number of nitrogens with zero attached hydrogens (tertiary/aromatic N) is 3. The summed E-state index contributed by atoms with van der Waals surface area (Å²) in [5.41, 5.74) is 4.10. The lowest BCUT2D eigenvalue weighted by atomic mass is 9.97. The first-order valence-corrected chi connectivity index (χ1v) is 11.0. The predicted molar refractivity (Wildman–Crippen MR) is 122 cm³/mol. The van der Waals surface area contributed by atoms with E-state index in [1.165, 1.54) is 5.56 Å². The van der Waals surface area contributed by atoms with Crippen LogP contribution in [0.5, 0.6) is 11.5 Å². The normalized spacial score (nSPS) is 17.3. The second-order valence-corrected chi connectivity index (χ2v) is 8.34. The summed E-state index contributed by atoms with van der Waals surface area (Å²) in [7, 11) is 0. The first-order valence-electron chi connectivity index (χ1n) is 11.0. The van der Waals surface area contributed by atoms with Crippen molar-refractivity contribution in [1.29, 1.82) is 0 Å². The number of hydrogen-bond acceptors (Lipinski definition) is 6. The summed E-state index contributed by atoms with van der Waals surface area (Å²) in [6, 6.07) is 18.0. The number of piperidine rings is 1. The van der Waals surface area contributed by atoms with E-state index in [-0.39, 0.29) is 18.6 Å². The van der Waals surface area contributed by atoms with E-state index in [2.05, 4.69) is 39.5 Å². The molecular weight excluding hydrogens is 404 g/mol. The van der Waals surface area contributed by atoms with Crippen molar-refractivity contribution >= 4 is 11.7 Å². The van der Waals surface area contributed by atoms with Crippen molar-refractivity contribution < 1.29 is 14.3 Å². The van der Waals surface area contributed by atoms with Gasteiger partial charge in [-0.15, -0.1) is 10.2 Å². The molecule has 2 aromatic carbocycles. The maximum Gasteiger partial charge on any atom is 0.231 e. The third kappa shape index (κ3) is 4.37. The molecule has 1 fully saturated rings. The Balaban J connectivity index is 1.20. The summed E-state index contributed by atoms with van der Waals surface area (Å²) in [5.74, 6) is 2.29. The lowest BCUT2D eigenvalue weighted by Crippen LogP contribution is -2.43. The minimum Gasteiger partial charge on any atom is -0.454 e. The lowest BCUT2D eigenvalue weighted by molar-refractivity contribution is -0.125. The largest absolute Gasteiger partial charge is 0.454 e. The second-order valence-electron chi connectivity index (χ2n) is 8.34. The Labute approximate surface area is 187 Å². The Morgan fingerprint density at radius 1 is 1.09 bits per heavy atom. The maximum absolute atomic E-state index is 12.8. The number of nitrogens with one attached hydrogen (secondary N) is 1. The molecule has 0 radical (unpaired) electrons. The number of anilines is 1. The number of amides is 1. The Bertz CT molecular complexity index is 1120. The zero-order valence-corrected chi connectivity index (χ0v) is 18.1. The zero-order chi connectivity index (χ0) is 21.9. The van der Waals surface area contributed by atoms with Gasteiger partial charge in [0.2, 0.25) is 12.7 Å². The van der Waals surface area contributed by atoms with Crippen LogP contribution in [0.3, 0.4) is 0 Å².